The van der Waals surface area contributed by atoms with Gasteiger partial charge in [0.1, 0.15) is 0 Å². The molecule has 0 atom stereocenters. The fourth-order valence-electron chi connectivity index (χ4n) is 3.73. The molecule has 0 heterocycles. The number of carboxylic acid groups (broad SMARTS) is 1. The highest BCUT2D eigenvalue weighted by atomic mass is 16.4. The molecule has 1 aliphatic carbocycles. The highest BCUT2D eigenvalue weighted by Crippen LogP contribution is 2.59. The molecule has 0 bridgehead atoms. The number of hydrogen-bond acceptors (Lipinski definition) is 2. The molecule has 1 aromatic carbocycles. The van der Waals surface area contributed by atoms with E-state index in [0.29, 0.717) is 6.54 Å². The van der Waals surface area contributed by atoms with Crippen LogP contribution in [0.5, 0.6) is 0 Å². The summed E-state index contributed by atoms with van der Waals surface area (Å²) in [7, 11) is 0. The minimum Gasteiger partial charge on any atom is -0.481 e. The van der Waals surface area contributed by atoms with Crippen molar-refractivity contribution < 1.29 is 9.90 Å². The zero-order chi connectivity index (χ0) is 13.9. The number of rotatable bonds is 6. The summed E-state index contributed by atoms with van der Waals surface area (Å²) in [5, 5.41) is 9.02. The summed E-state index contributed by atoms with van der Waals surface area (Å²) in [5.41, 5.74) is 7.24. The van der Waals surface area contributed by atoms with E-state index in [9.17, 15) is 4.79 Å². The molecule has 0 spiro atoms. The van der Waals surface area contributed by atoms with Gasteiger partial charge in [0.15, 0.2) is 0 Å². The number of aliphatic carboxylic acids is 1. The van der Waals surface area contributed by atoms with E-state index >= 15 is 0 Å². The van der Waals surface area contributed by atoms with E-state index in [-0.39, 0.29) is 17.3 Å². The lowest BCUT2D eigenvalue weighted by Gasteiger charge is -2.56. The first-order chi connectivity index (χ1) is 9.03. The molecule has 0 unspecified atom stereocenters. The molecule has 3 nitrogen and oxygen atoms in total. The van der Waals surface area contributed by atoms with Crippen molar-refractivity contribution in [1.29, 1.82) is 0 Å². The van der Waals surface area contributed by atoms with Gasteiger partial charge in [-0.15, -0.1) is 0 Å². The van der Waals surface area contributed by atoms with Gasteiger partial charge in [0.05, 0.1) is 6.42 Å². The van der Waals surface area contributed by atoms with Gasteiger partial charge in [-0.05, 0) is 42.2 Å². The minimum atomic E-state index is -0.727. The summed E-state index contributed by atoms with van der Waals surface area (Å²) in [4.78, 5) is 11.0. The highest BCUT2D eigenvalue weighted by molar-refractivity contribution is 5.68. The van der Waals surface area contributed by atoms with Crippen LogP contribution in [-0.4, -0.2) is 17.6 Å². The molecule has 104 valence electrons. The summed E-state index contributed by atoms with van der Waals surface area (Å²) < 4.78 is 0. The van der Waals surface area contributed by atoms with Gasteiger partial charge in [0.25, 0.3) is 0 Å². The molecule has 1 fully saturated rings. The van der Waals surface area contributed by atoms with Crippen molar-refractivity contribution in [3.05, 3.63) is 35.9 Å². The summed E-state index contributed by atoms with van der Waals surface area (Å²) in [6, 6.07) is 10.4. The molecule has 19 heavy (non-hydrogen) atoms. The van der Waals surface area contributed by atoms with Crippen LogP contribution in [0.3, 0.4) is 0 Å². The van der Waals surface area contributed by atoms with E-state index in [1.54, 1.807) is 0 Å². The van der Waals surface area contributed by atoms with Crippen LogP contribution in [-0.2, 0) is 11.2 Å². The zero-order valence-electron chi connectivity index (χ0n) is 11.6. The third-order valence-electron chi connectivity index (χ3n) is 4.63. The van der Waals surface area contributed by atoms with Gasteiger partial charge in [0, 0.05) is 0 Å². The van der Waals surface area contributed by atoms with Gasteiger partial charge in [-0.1, -0.05) is 43.7 Å². The first-order valence-corrected chi connectivity index (χ1v) is 6.99. The molecule has 1 aliphatic rings. The second-order valence-corrected chi connectivity index (χ2v) is 6.14. The largest absolute Gasteiger partial charge is 0.481 e. The van der Waals surface area contributed by atoms with Gasteiger partial charge in [0.2, 0.25) is 0 Å². The van der Waals surface area contributed by atoms with Crippen molar-refractivity contribution in [1.82, 2.24) is 0 Å². The predicted octanol–water partition coefficient (Wildman–Crippen LogP) is 2.84. The molecule has 0 aromatic heterocycles. The second-order valence-electron chi connectivity index (χ2n) is 6.14. The molecule has 0 radical (unpaired) electrons. The Morgan fingerprint density at radius 2 is 1.89 bits per heavy atom. The highest BCUT2D eigenvalue weighted by Gasteiger charge is 2.53. The van der Waals surface area contributed by atoms with Crippen LogP contribution in [0, 0.1) is 10.8 Å². The molecule has 1 aromatic rings. The maximum atomic E-state index is 11.0. The predicted molar refractivity (Wildman–Crippen MR) is 75.8 cm³/mol. The van der Waals surface area contributed by atoms with Gasteiger partial charge >= 0.3 is 5.97 Å². The Morgan fingerprint density at radius 1 is 1.26 bits per heavy atom. The molecule has 1 saturated carbocycles. The van der Waals surface area contributed by atoms with Crippen molar-refractivity contribution in [2.75, 3.05) is 6.54 Å². The number of benzene rings is 1. The van der Waals surface area contributed by atoms with Gasteiger partial charge in [-0.25, -0.2) is 0 Å². The lowest BCUT2D eigenvalue weighted by atomic mass is 9.49. The van der Waals surface area contributed by atoms with E-state index in [1.807, 2.05) is 6.07 Å². The average Bonchev–Trinajstić information content (AvgIpc) is 2.36. The zero-order valence-corrected chi connectivity index (χ0v) is 11.6. The Kier molecular flexibility index (Phi) is 3.95. The van der Waals surface area contributed by atoms with Crippen LogP contribution in [0.2, 0.25) is 0 Å². The molecular weight excluding hydrogens is 238 g/mol. The van der Waals surface area contributed by atoms with Crippen LogP contribution in [0.4, 0.5) is 0 Å². The number of hydrogen-bond donors (Lipinski definition) is 2. The lowest BCUT2D eigenvalue weighted by Crippen LogP contribution is -2.52. The molecule has 3 N–H and O–H groups in total. The second kappa shape index (κ2) is 5.33. The van der Waals surface area contributed by atoms with Crippen molar-refractivity contribution in [3.8, 4) is 0 Å². The van der Waals surface area contributed by atoms with Gasteiger partial charge in [-0.3, -0.25) is 4.79 Å². The topological polar surface area (TPSA) is 63.3 Å². The standard InChI is InChI=1S/C16H23NO2/c1-2-15(8-13-6-4-3-5-7-13)10-16(11-15,12-17)9-14(18)19/h3-7H,2,8-12,17H2,1H3,(H,18,19)/t15-,16-. The van der Waals surface area contributed by atoms with Gasteiger partial charge < -0.3 is 10.8 Å². The molecular formula is C16H23NO2. The first-order valence-electron chi connectivity index (χ1n) is 6.99. The van der Waals surface area contributed by atoms with E-state index in [4.69, 9.17) is 10.8 Å². The van der Waals surface area contributed by atoms with Crippen molar-refractivity contribution >= 4 is 5.97 Å². The summed E-state index contributed by atoms with van der Waals surface area (Å²) in [6.07, 6.45) is 4.21. The SMILES string of the molecule is CC[C@]1(Cc2ccccc2)C[C@@](CN)(CC(=O)O)C1. The Hall–Kier alpha value is -1.35. The molecule has 2 rings (SSSR count). The molecule has 3 heteroatoms. The monoisotopic (exact) mass is 261 g/mol. The van der Waals surface area contributed by atoms with Crippen molar-refractivity contribution in [2.45, 2.75) is 39.0 Å². The summed E-state index contributed by atoms with van der Waals surface area (Å²) in [5.74, 6) is -0.727. The van der Waals surface area contributed by atoms with Crippen LogP contribution in [0.15, 0.2) is 30.3 Å². The number of carboxylic acids is 1. The Balaban J connectivity index is 2.05. The Bertz CT molecular complexity index is 435. The van der Waals surface area contributed by atoms with Crippen molar-refractivity contribution in [2.24, 2.45) is 16.6 Å². The van der Waals surface area contributed by atoms with Crippen molar-refractivity contribution in [3.63, 3.8) is 0 Å². The molecule has 0 saturated heterocycles. The van der Waals surface area contributed by atoms with Gasteiger partial charge in [-0.2, -0.15) is 0 Å². The fraction of sp³-hybridized carbons (Fsp3) is 0.562. The maximum Gasteiger partial charge on any atom is 0.303 e. The summed E-state index contributed by atoms with van der Waals surface area (Å²) in [6.45, 7) is 2.68. The van der Waals surface area contributed by atoms with E-state index in [2.05, 4.69) is 31.2 Å². The van der Waals surface area contributed by atoms with Crippen LogP contribution in [0.25, 0.3) is 0 Å². The number of carbonyl (C=O) groups is 1. The Labute approximate surface area is 114 Å². The number of nitrogens with two attached hydrogens (primary N) is 1. The average molecular weight is 261 g/mol. The van der Waals surface area contributed by atoms with E-state index in [0.717, 1.165) is 25.7 Å². The van der Waals surface area contributed by atoms with E-state index < -0.39 is 5.97 Å². The quantitative estimate of drug-likeness (QED) is 0.827. The molecule has 0 amide bonds. The third kappa shape index (κ3) is 2.98. The van der Waals surface area contributed by atoms with Crippen LogP contribution >= 0.6 is 0 Å². The lowest BCUT2D eigenvalue weighted by molar-refractivity contribution is -0.145. The van der Waals surface area contributed by atoms with Crippen LogP contribution < -0.4 is 5.73 Å². The maximum absolute atomic E-state index is 11.0. The molecule has 0 aliphatic heterocycles. The smallest absolute Gasteiger partial charge is 0.303 e. The van der Waals surface area contributed by atoms with E-state index in [1.165, 1.54) is 5.56 Å². The Morgan fingerprint density at radius 3 is 2.37 bits per heavy atom. The first kappa shape index (κ1) is 14.1. The van der Waals surface area contributed by atoms with Crippen LogP contribution in [0.1, 0.15) is 38.2 Å². The minimum absolute atomic E-state index is 0.170. The fourth-order valence-corrected chi connectivity index (χ4v) is 3.73. The third-order valence-corrected chi connectivity index (χ3v) is 4.63. The summed E-state index contributed by atoms with van der Waals surface area (Å²) >= 11 is 0. The normalized spacial score (nSPS) is 29.8.